The number of nitrogens with one attached hydrogen (secondary N) is 2. The number of aromatic carboxylic acids is 1. The van der Waals surface area contributed by atoms with Crippen molar-refractivity contribution in [2.24, 2.45) is 0 Å². The summed E-state index contributed by atoms with van der Waals surface area (Å²) in [6.07, 6.45) is 21.3. The van der Waals surface area contributed by atoms with Gasteiger partial charge in [0.05, 0.1) is 5.56 Å². The van der Waals surface area contributed by atoms with Crippen molar-refractivity contribution < 1.29 is 19.4 Å². The van der Waals surface area contributed by atoms with Crippen molar-refractivity contribution in [2.45, 2.75) is 110 Å². The third-order valence-electron chi connectivity index (χ3n) is 8.77. The smallest absolute Gasteiger partial charge is 0.336 e. The molecule has 0 atom stereocenters. The number of aromatic hydroxyl groups is 1. The van der Waals surface area contributed by atoms with Gasteiger partial charge in [0, 0.05) is 40.9 Å². The quantitative estimate of drug-likeness (QED) is 0.0422. The molecule has 0 amide bonds. The number of hydrogen-bond acceptors (Lipinski definition) is 5. The van der Waals surface area contributed by atoms with Gasteiger partial charge < -0.3 is 25.3 Å². The minimum absolute atomic E-state index is 0.00318. The van der Waals surface area contributed by atoms with Gasteiger partial charge in [0.15, 0.2) is 10.5 Å². The van der Waals surface area contributed by atoms with E-state index in [0.29, 0.717) is 44.2 Å². The second kappa shape index (κ2) is 19.0. The number of carbonyl (C=O) groups is 1. The molecule has 2 aromatic carbocycles. The molecular formula is C39H50N2O5S. The average molecular weight is 659 g/mol. The summed E-state index contributed by atoms with van der Waals surface area (Å²) in [5, 5.41) is 27.7. The van der Waals surface area contributed by atoms with Crippen molar-refractivity contribution in [1.29, 1.82) is 0 Å². The van der Waals surface area contributed by atoms with Crippen LogP contribution in [0.3, 0.4) is 0 Å². The van der Waals surface area contributed by atoms with Gasteiger partial charge in [-0.2, -0.15) is 0 Å². The van der Waals surface area contributed by atoms with Gasteiger partial charge in [0.1, 0.15) is 17.1 Å². The van der Waals surface area contributed by atoms with Gasteiger partial charge in [-0.25, -0.2) is 4.79 Å². The molecule has 1 heterocycles. The Bertz CT molecular complexity index is 1630. The topological polar surface area (TPSA) is 112 Å². The van der Waals surface area contributed by atoms with Crippen molar-refractivity contribution in [3.63, 3.8) is 0 Å². The van der Waals surface area contributed by atoms with Crippen LogP contribution in [0.4, 0.5) is 5.69 Å². The SMILES string of the molecule is CCCCCCCCCCCCCCCCCCNC(=S)Nc1ccc(-c2c3ccc(=O)cc-3oc3cc(O)ccc23)c(C(=O)O)c1. The molecule has 0 aromatic heterocycles. The number of anilines is 1. The Labute approximate surface area is 284 Å². The van der Waals surface area contributed by atoms with Crippen LogP contribution in [0.1, 0.15) is 120 Å². The van der Waals surface area contributed by atoms with Gasteiger partial charge in [-0.1, -0.05) is 109 Å². The van der Waals surface area contributed by atoms with E-state index >= 15 is 0 Å². The first-order valence-electron chi connectivity index (χ1n) is 17.5. The summed E-state index contributed by atoms with van der Waals surface area (Å²) in [6.45, 7) is 3.03. The van der Waals surface area contributed by atoms with Crippen LogP contribution in [-0.2, 0) is 0 Å². The van der Waals surface area contributed by atoms with E-state index in [2.05, 4.69) is 17.6 Å². The van der Waals surface area contributed by atoms with Crippen LogP contribution in [0, 0.1) is 0 Å². The van der Waals surface area contributed by atoms with Gasteiger partial charge in [0.2, 0.25) is 0 Å². The van der Waals surface area contributed by atoms with Crippen molar-refractivity contribution >= 4 is 40.0 Å². The Kier molecular flexibility index (Phi) is 14.6. The Morgan fingerprint density at radius 2 is 1.34 bits per heavy atom. The molecule has 4 N–H and O–H groups in total. The zero-order chi connectivity index (χ0) is 33.4. The normalized spacial score (nSPS) is 11.3. The molecule has 0 unspecified atom stereocenters. The summed E-state index contributed by atoms with van der Waals surface area (Å²) >= 11 is 5.50. The molecule has 0 saturated heterocycles. The van der Waals surface area contributed by atoms with Crippen molar-refractivity contribution in [3.05, 3.63) is 70.4 Å². The third-order valence-corrected chi connectivity index (χ3v) is 9.02. The Morgan fingerprint density at radius 3 is 1.96 bits per heavy atom. The fraction of sp³-hybridized carbons (Fsp3) is 0.462. The first-order chi connectivity index (χ1) is 22.9. The van der Waals surface area contributed by atoms with Crippen LogP contribution in [0.25, 0.3) is 33.4 Å². The van der Waals surface area contributed by atoms with Gasteiger partial charge in [-0.05, 0) is 60.6 Å². The van der Waals surface area contributed by atoms with Gasteiger partial charge in [-0.15, -0.1) is 0 Å². The predicted molar refractivity (Wildman–Crippen MR) is 197 cm³/mol. The molecule has 2 aromatic rings. The number of thiocarbonyl (C=S) groups is 1. The fourth-order valence-corrected chi connectivity index (χ4v) is 6.44. The summed E-state index contributed by atoms with van der Waals surface area (Å²) in [6, 6.07) is 14.2. The maximum atomic E-state index is 12.5. The molecule has 252 valence electrons. The molecule has 1 aliphatic heterocycles. The monoisotopic (exact) mass is 658 g/mol. The lowest BCUT2D eigenvalue weighted by molar-refractivity contribution is 0.0697. The summed E-state index contributed by atoms with van der Waals surface area (Å²) in [7, 11) is 0. The fourth-order valence-electron chi connectivity index (χ4n) is 6.22. The Morgan fingerprint density at radius 1 is 0.745 bits per heavy atom. The van der Waals surface area contributed by atoms with Crippen LogP contribution in [0.5, 0.6) is 5.75 Å². The number of carboxylic acids is 1. The summed E-state index contributed by atoms with van der Waals surface area (Å²) in [5.41, 5.74) is 2.41. The van der Waals surface area contributed by atoms with Crippen molar-refractivity contribution in [1.82, 2.24) is 5.32 Å². The highest BCUT2D eigenvalue weighted by Crippen LogP contribution is 2.42. The highest BCUT2D eigenvalue weighted by atomic mass is 32.1. The second-order valence-electron chi connectivity index (χ2n) is 12.6. The first-order valence-corrected chi connectivity index (χ1v) is 17.9. The van der Waals surface area contributed by atoms with E-state index in [4.69, 9.17) is 16.6 Å². The highest BCUT2D eigenvalue weighted by molar-refractivity contribution is 7.80. The van der Waals surface area contributed by atoms with Gasteiger partial charge in [0.25, 0.3) is 0 Å². The summed E-state index contributed by atoms with van der Waals surface area (Å²) in [4.78, 5) is 24.5. The molecule has 0 bridgehead atoms. The zero-order valence-electron chi connectivity index (χ0n) is 27.7. The molecule has 0 fully saturated rings. The van der Waals surface area contributed by atoms with E-state index in [1.165, 1.54) is 114 Å². The first kappa shape index (κ1) is 35.9. The van der Waals surface area contributed by atoms with E-state index in [0.717, 1.165) is 19.4 Å². The number of benzene rings is 3. The lowest BCUT2D eigenvalue weighted by atomic mass is 9.90. The summed E-state index contributed by atoms with van der Waals surface area (Å²) in [5.74, 6) is -0.788. The minimum Gasteiger partial charge on any atom is -0.508 e. The van der Waals surface area contributed by atoms with E-state index < -0.39 is 5.97 Å². The molecule has 0 radical (unpaired) electrons. The number of rotatable bonds is 20. The lowest BCUT2D eigenvalue weighted by Crippen LogP contribution is -2.29. The number of phenolic OH excluding ortho intramolecular Hbond substituents is 1. The Balaban J connectivity index is 1.21. The van der Waals surface area contributed by atoms with Crippen LogP contribution < -0.4 is 16.1 Å². The predicted octanol–water partition coefficient (Wildman–Crippen LogP) is 10.5. The second-order valence-corrected chi connectivity index (χ2v) is 13.0. The van der Waals surface area contributed by atoms with Crippen molar-refractivity contribution in [3.8, 4) is 28.2 Å². The molecule has 8 heteroatoms. The van der Waals surface area contributed by atoms with E-state index in [-0.39, 0.29) is 16.7 Å². The maximum absolute atomic E-state index is 12.5. The van der Waals surface area contributed by atoms with Crippen LogP contribution in [-0.4, -0.2) is 27.8 Å². The number of unbranched alkanes of at least 4 members (excludes halogenated alkanes) is 15. The van der Waals surface area contributed by atoms with Gasteiger partial charge in [-0.3, -0.25) is 4.79 Å². The number of phenols is 1. The summed E-state index contributed by atoms with van der Waals surface area (Å²) < 4.78 is 5.91. The van der Waals surface area contributed by atoms with Crippen LogP contribution in [0.15, 0.2) is 63.8 Å². The molecule has 4 rings (SSSR count). The molecule has 7 nitrogen and oxygen atoms in total. The van der Waals surface area contributed by atoms with Crippen LogP contribution >= 0.6 is 12.2 Å². The van der Waals surface area contributed by atoms with E-state index in [9.17, 15) is 19.8 Å². The number of fused-ring (bicyclic) bond motifs is 2. The highest BCUT2D eigenvalue weighted by Gasteiger charge is 2.22. The molecule has 47 heavy (non-hydrogen) atoms. The van der Waals surface area contributed by atoms with Gasteiger partial charge >= 0.3 is 5.97 Å². The third kappa shape index (κ3) is 11.1. The van der Waals surface area contributed by atoms with Crippen LogP contribution in [0.2, 0.25) is 0 Å². The number of carboxylic acid groups (broad SMARTS) is 1. The van der Waals surface area contributed by atoms with E-state index in [1.807, 2.05) is 0 Å². The lowest BCUT2D eigenvalue weighted by Gasteiger charge is -2.18. The average Bonchev–Trinajstić information content (AvgIpc) is 3.05. The molecule has 0 spiro atoms. The molecule has 0 saturated carbocycles. The maximum Gasteiger partial charge on any atom is 0.336 e. The zero-order valence-corrected chi connectivity index (χ0v) is 28.6. The minimum atomic E-state index is -1.10. The number of hydrogen-bond donors (Lipinski definition) is 4. The van der Waals surface area contributed by atoms with E-state index in [1.54, 1.807) is 30.3 Å². The largest absolute Gasteiger partial charge is 0.508 e. The standard InChI is InChI=1S/C39H50N2O5S/c1-2-3-4-5-6-7-8-9-10-11-12-13-14-15-16-17-24-40-39(47)41-28-18-21-31(34(25-28)38(44)45)37-32-22-19-29(42)26-35(32)46-36-27-30(43)20-23-33(36)37/h18-23,25-27,42H,2-17,24H2,1H3,(H,44,45)(H2,40,41,47). The molecule has 1 aliphatic carbocycles. The van der Waals surface area contributed by atoms with Crippen molar-refractivity contribution in [2.75, 3.05) is 11.9 Å². The molecular weight excluding hydrogens is 609 g/mol. The Hall–Kier alpha value is -3.91. The molecule has 2 aliphatic rings.